The van der Waals surface area contributed by atoms with Gasteiger partial charge in [0, 0.05) is 66.0 Å². The van der Waals surface area contributed by atoms with Gasteiger partial charge in [-0.15, -0.1) is 0 Å². The average Bonchev–Trinajstić information content (AvgIpc) is 1.04. The summed E-state index contributed by atoms with van der Waals surface area (Å²) in [6.07, 6.45) is -3.09. The van der Waals surface area contributed by atoms with Gasteiger partial charge < -0.3 is 105 Å². The molecule has 6 aliphatic rings. The van der Waals surface area contributed by atoms with Gasteiger partial charge in [0.15, 0.2) is 34.5 Å². The second kappa shape index (κ2) is 41.8. The number of carbonyl (C=O) groups is 6. The number of fused-ring (bicyclic) bond motifs is 6. The van der Waals surface area contributed by atoms with E-state index in [9.17, 15) is 39.0 Å². The molecule has 0 aromatic heterocycles. The van der Waals surface area contributed by atoms with E-state index in [4.69, 9.17) is 94.7 Å². The summed E-state index contributed by atoms with van der Waals surface area (Å²) in [5.41, 5.74) is 8.78. The molecule has 0 spiro atoms. The van der Waals surface area contributed by atoms with Crippen molar-refractivity contribution in [2.24, 2.45) is 29.6 Å². The molecule has 6 aliphatic heterocycles. The van der Waals surface area contributed by atoms with Crippen LogP contribution in [-0.2, 0) is 56.8 Å². The van der Waals surface area contributed by atoms with Gasteiger partial charge in [0.1, 0.15) is 45.1 Å². The van der Waals surface area contributed by atoms with Crippen LogP contribution in [0.15, 0.2) is 91.0 Å². The largest absolute Gasteiger partial charge is 0.506 e. The molecular weight excluding hydrogens is 1700 g/mol. The normalized spacial score (nSPS) is 21.1. The number of rotatable bonds is 22. The molecule has 127 heavy (non-hydrogen) atoms. The quantitative estimate of drug-likeness (QED) is 0.0362. The van der Waals surface area contributed by atoms with Crippen LogP contribution in [0.3, 0.4) is 0 Å². The number of aliphatic hydroxyl groups excluding tert-OH is 1. The highest BCUT2D eigenvalue weighted by atomic mass is 79.9. The first-order valence-corrected chi connectivity index (χ1v) is 43.7. The lowest BCUT2D eigenvalue weighted by Crippen LogP contribution is -2.51. The molecule has 9 aromatic carbocycles. The maximum absolute atomic E-state index is 13.9. The van der Waals surface area contributed by atoms with E-state index in [1.807, 2.05) is 97.9 Å². The summed E-state index contributed by atoms with van der Waals surface area (Å²) in [6.45, 7) is 34.3. The van der Waals surface area contributed by atoms with E-state index in [0.29, 0.717) is 125 Å². The van der Waals surface area contributed by atoms with Crippen molar-refractivity contribution < 1.29 is 134 Å². The topological polar surface area (TPSA) is 327 Å². The van der Waals surface area contributed by atoms with Crippen LogP contribution in [0.25, 0.3) is 65.7 Å². The van der Waals surface area contributed by atoms with Gasteiger partial charge in [-0.3, -0.25) is 0 Å². The fraction of sp³-hybridized carbons (Fsp3) is 0.449. The monoisotopic (exact) mass is 1820 g/mol. The molecule has 15 rings (SSSR count). The molecule has 0 saturated carbocycles. The van der Waals surface area contributed by atoms with Crippen LogP contribution in [0.2, 0.25) is 0 Å². The highest BCUT2D eigenvalue weighted by Crippen LogP contribution is 2.52. The Morgan fingerprint density at radius 1 is 0.346 bits per heavy atom. The molecule has 3 saturated heterocycles. The van der Waals surface area contributed by atoms with Crippen LogP contribution < -0.4 is 37.9 Å². The molecule has 3 fully saturated rings. The Balaban J connectivity index is 0.000000164. The van der Waals surface area contributed by atoms with Crippen LogP contribution in [-0.4, -0.2) is 189 Å². The van der Waals surface area contributed by atoms with Gasteiger partial charge in [0.05, 0.1) is 94.5 Å². The number of phenols is 1. The highest BCUT2D eigenvalue weighted by molar-refractivity contribution is 9.09. The lowest BCUT2D eigenvalue weighted by molar-refractivity contribution is -0.226. The lowest BCUT2D eigenvalue weighted by atomic mass is 9.86. The molecule has 0 radical (unpaired) electrons. The van der Waals surface area contributed by atoms with Crippen molar-refractivity contribution >= 4 is 84.1 Å². The number of benzene rings is 9. The van der Waals surface area contributed by atoms with E-state index >= 15 is 0 Å². The van der Waals surface area contributed by atoms with E-state index in [2.05, 4.69) is 36.7 Å². The number of alkyl halides is 1. The fourth-order valence-electron chi connectivity index (χ4n) is 16.3. The Kier molecular flexibility index (Phi) is 31.3. The summed E-state index contributed by atoms with van der Waals surface area (Å²) in [5.74, 6) is -0.252. The van der Waals surface area contributed by atoms with Gasteiger partial charge in [-0.1, -0.05) is 86.9 Å². The number of carbonyl (C=O) groups excluding carboxylic acids is 6. The zero-order valence-electron chi connectivity index (χ0n) is 75.5. The zero-order chi connectivity index (χ0) is 91.7. The third kappa shape index (κ3) is 19.7. The second-order valence-corrected chi connectivity index (χ2v) is 32.7. The van der Waals surface area contributed by atoms with Gasteiger partial charge in [0.2, 0.25) is 33.0 Å². The summed E-state index contributed by atoms with van der Waals surface area (Å²) in [7, 11) is 4.96. The number of hydrogen-bond donors (Lipinski definition) is 2. The maximum Gasteiger partial charge on any atom is 0.342 e. The van der Waals surface area contributed by atoms with Crippen LogP contribution >= 0.6 is 15.9 Å². The number of hydrogen-bond acceptors (Lipinski definition) is 28. The number of phenolic OH excluding ortho intramolecular Hbond substituents is 1. The Hall–Kier alpha value is -11.0. The molecule has 9 aromatic rings. The molecule has 0 aliphatic carbocycles. The molecule has 29 heteroatoms. The van der Waals surface area contributed by atoms with Gasteiger partial charge in [-0.2, -0.15) is 0 Å². The smallest absolute Gasteiger partial charge is 0.342 e. The summed E-state index contributed by atoms with van der Waals surface area (Å²) in [6, 6.07) is 27.6. The fourth-order valence-corrected chi connectivity index (χ4v) is 16.9. The van der Waals surface area contributed by atoms with E-state index in [1.165, 1.54) is 0 Å². The van der Waals surface area contributed by atoms with E-state index in [-0.39, 0.29) is 158 Å². The Bertz CT molecular complexity index is 5370. The van der Waals surface area contributed by atoms with Crippen molar-refractivity contribution in [2.45, 2.75) is 160 Å². The standard InChI is InChI=1S/C33H38O9.C32H36O10.C25H24O7.C8H15BrO2/c1-8-37-31(34)28-27(21-10-11-24-25(14-21)41-16-40-24)22-12-17(3)18(4)13-23(22)30(29(28)32(35)38-9-2)42-33-20(6)19(5)26(36-7)15-39-33;1-7-37-30(34)26-25(19-9-10-22-23(13-19)41-15-40-22)20-11-16(3)17(4)12-21(20)29(27(26)31(35)38-8-2)42-32-28(33)18(5)24(36-6)14-39-32;1-5-29-24(27)21-20(15-7-8-18-19(11-15)32-12-31-18)16-9-13(3)14(4)10-17(16)23(26)22(21)25(28)30-6-2;1-5-6(2)8(9)11-4-7(5)10-3/h10-14,19-20,26,33H,8-9,15-16H2,1-7H3;9-13,18,24,28,32-33H,7-8,14-15H2,1-6H3;7-11,26H,5-6,12H2,1-4H3;5-8H,4H2,1-3H3/t19-,20-,26-,33?;18-,24+,28+,32?;;5-,6-,7-,8+/m10.1/s1. The van der Waals surface area contributed by atoms with Crippen molar-refractivity contribution in [3.63, 3.8) is 0 Å². The first-order chi connectivity index (χ1) is 60.9. The Morgan fingerprint density at radius 3 is 0.992 bits per heavy atom. The lowest BCUT2D eigenvalue weighted by Gasteiger charge is -2.39. The number of halogens is 1. The number of aryl methyl sites for hydroxylation is 6. The summed E-state index contributed by atoms with van der Waals surface area (Å²) in [4.78, 5) is 81.3. The molecule has 6 heterocycles. The SMILES string of the molecule is CCOC(=O)c1c(C(=O)OCC)c(-c2ccc3c(c2)OCO3)c2cc(C)c(C)cc2c1O.CCOC(=O)c1c(C(=O)OCC)c(-c2ccc3c(c2)OCO3)c2cc(C)c(C)cc2c1OC1OC[C@@H](OC)[C@H](C)[C@H]1C.CCOC(=O)c1c(C(=O)OCC)c(-c2ccc3c(c2)OCO3)c2cc(C)c(C)cc2c1OC1OC[C@@H](OC)[C@H](C)[C@H]1O.CO[C@@H]1CO[C@H](Br)[C@H](C)[C@H]1C. The highest BCUT2D eigenvalue weighted by Gasteiger charge is 2.44. The van der Waals surface area contributed by atoms with Crippen LogP contribution in [0.5, 0.6) is 51.7 Å². The van der Waals surface area contributed by atoms with Gasteiger partial charge >= 0.3 is 35.8 Å². The number of aromatic hydroxyl groups is 1. The molecule has 0 bridgehead atoms. The van der Waals surface area contributed by atoms with Crippen molar-refractivity contribution in [2.75, 3.05) is 101 Å². The zero-order valence-corrected chi connectivity index (χ0v) is 77.0. The summed E-state index contributed by atoms with van der Waals surface area (Å²) >= 11 is 3.47. The van der Waals surface area contributed by atoms with Crippen LogP contribution in [0, 0.1) is 71.1 Å². The minimum atomic E-state index is -1.14. The minimum Gasteiger partial charge on any atom is -0.506 e. The molecule has 2 N–H and O–H groups in total. The first kappa shape index (κ1) is 95.1. The number of esters is 6. The molecule has 0 amide bonds. The number of methoxy groups -OCH3 is 3. The second-order valence-electron chi connectivity index (χ2n) is 31.8. The van der Waals surface area contributed by atoms with Gasteiger partial charge in [-0.05, 0) is 222 Å². The van der Waals surface area contributed by atoms with Crippen molar-refractivity contribution in [3.05, 3.63) is 158 Å². The van der Waals surface area contributed by atoms with Gasteiger partial charge in [0.25, 0.3) is 0 Å². The van der Waals surface area contributed by atoms with Crippen LogP contribution in [0.1, 0.15) is 172 Å². The van der Waals surface area contributed by atoms with Crippen LogP contribution in [0.4, 0.5) is 0 Å². The molecule has 28 nitrogen and oxygen atoms in total. The number of ether oxygens (including phenoxy) is 20. The molecule has 2 unspecified atom stereocenters. The van der Waals surface area contributed by atoms with E-state index < -0.39 is 54.5 Å². The Morgan fingerprint density at radius 2 is 0.630 bits per heavy atom. The summed E-state index contributed by atoms with van der Waals surface area (Å²) < 4.78 is 113. The Labute approximate surface area is 747 Å². The minimum absolute atomic E-state index is 0.00367. The maximum atomic E-state index is 13.9. The van der Waals surface area contributed by atoms with Crippen molar-refractivity contribution in [3.8, 4) is 85.1 Å². The average molecular weight is 1820 g/mol. The number of aliphatic hydroxyl groups is 1. The molecule has 12 atom stereocenters. The van der Waals surface area contributed by atoms with Crippen molar-refractivity contribution in [1.29, 1.82) is 0 Å². The molecular formula is C98H113BrO28. The summed E-state index contributed by atoms with van der Waals surface area (Å²) in [5, 5.41) is 26.1. The molecule has 680 valence electrons. The predicted molar refractivity (Wildman–Crippen MR) is 476 cm³/mol. The van der Waals surface area contributed by atoms with Crippen molar-refractivity contribution in [1.82, 2.24) is 0 Å². The van der Waals surface area contributed by atoms with Gasteiger partial charge in [-0.25, -0.2) is 28.8 Å². The first-order valence-electron chi connectivity index (χ1n) is 42.8. The third-order valence-electron chi connectivity index (χ3n) is 24.2. The van der Waals surface area contributed by atoms with E-state index in [0.717, 1.165) is 33.4 Å². The predicted octanol–water partition coefficient (Wildman–Crippen LogP) is 18.1. The van der Waals surface area contributed by atoms with E-state index in [1.54, 1.807) is 111 Å². The third-order valence-corrected chi connectivity index (χ3v) is 25.3.